The van der Waals surface area contributed by atoms with E-state index in [-0.39, 0.29) is 28.9 Å². The van der Waals surface area contributed by atoms with Crippen molar-refractivity contribution in [2.45, 2.75) is 78.5 Å². The third-order valence-electron chi connectivity index (χ3n) is 6.73. The summed E-state index contributed by atoms with van der Waals surface area (Å²) in [6, 6.07) is 10.8. The van der Waals surface area contributed by atoms with Crippen LogP contribution >= 0.6 is 0 Å². The lowest BCUT2D eigenvalue weighted by Gasteiger charge is -2.42. The third kappa shape index (κ3) is 7.55. The van der Waals surface area contributed by atoms with Crippen LogP contribution in [0, 0.1) is 18.7 Å². The van der Waals surface area contributed by atoms with Gasteiger partial charge in [-0.25, -0.2) is 9.18 Å². The lowest BCUT2D eigenvalue weighted by atomic mass is 9.88. The van der Waals surface area contributed by atoms with E-state index in [1.807, 2.05) is 46.8 Å². The van der Waals surface area contributed by atoms with Crippen molar-refractivity contribution in [2.24, 2.45) is 5.92 Å². The minimum absolute atomic E-state index is 0.0587. The van der Waals surface area contributed by atoms with Gasteiger partial charge < -0.3 is 20.3 Å². The van der Waals surface area contributed by atoms with Crippen LogP contribution in [0.2, 0.25) is 0 Å². The summed E-state index contributed by atoms with van der Waals surface area (Å²) >= 11 is 0. The van der Waals surface area contributed by atoms with Gasteiger partial charge in [0.1, 0.15) is 17.5 Å². The van der Waals surface area contributed by atoms with Crippen molar-refractivity contribution in [2.75, 3.05) is 18.4 Å². The van der Waals surface area contributed by atoms with Crippen molar-refractivity contribution in [1.29, 1.82) is 0 Å². The second-order valence-corrected chi connectivity index (χ2v) is 11.8. The summed E-state index contributed by atoms with van der Waals surface area (Å²) in [7, 11) is 0. The van der Waals surface area contributed by atoms with Crippen LogP contribution in [-0.4, -0.2) is 53.0 Å². The molecule has 3 rings (SSSR count). The van der Waals surface area contributed by atoms with Gasteiger partial charge in [-0.1, -0.05) is 25.5 Å². The maximum atomic E-state index is 14.2. The number of amides is 2. The molecule has 0 aromatic heterocycles. The van der Waals surface area contributed by atoms with Gasteiger partial charge in [0.25, 0.3) is 5.91 Å². The molecule has 1 heterocycles. The molecule has 0 bridgehead atoms. The number of hydrogen-bond donors (Lipinski definition) is 2. The number of esters is 1. The van der Waals surface area contributed by atoms with Crippen molar-refractivity contribution < 1.29 is 23.5 Å². The number of aryl methyl sites for hydroxylation is 1. The van der Waals surface area contributed by atoms with Crippen LogP contribution in [0.25, 0.3) is 0 Å². The Morgan fingerprint density at radius 3 is 2.18 bits per heavy atom. The van der Waals surface area contributed by atoms with Gasteiger partial charge in [-0.05, 0) is 89.8 Å². The van der Waals surface area contributed by atoms with Gasteiger partial charge in [-0.15, -0.1) is 0 Å². The van der Waals surface area contributed by atoms with E-state index in [9.17, 15) is 18.8 Å². The highest BCUT2D eigenvalue weighted by Gasteiger charge is 2.36. The summed E-state index contributed by atoms with van der Waals surface area (Å²) in [5, 5.41) is 6.31. The zero-order valence-electron chi connectivity index (χ0n) is 23.5. The Bertz CT molecular complexity index is 1160. The lowest BCUT2D eigenvalue weighted by Crippen LogP contribution is -2.56. The highest BCUT2D eigenvalue weighted by Crippen LogP contribution is 2.28. The number of halogens is 1. The second-order valence-electron chi connectivity index (χ2n) is 11.8. The molecule has 1 aliphatic heterocycles. The van der Waals surface area contributed by atoms with E-state index in [1.165, 1.54) is 12.1 Å². The maximum absolute atomic E-state index is 14.2. The minimum atomic E-state index is -0.750. The van der Waals surface area contributed by atoms with E-state index in [0.717, 1.165) is 11.3 Å². The third-order valence-corrected chi connectivity index (χ3v) is 6.73. The van der Waals surface area contributed by atoms with Crippen LogP contribution < -0.4 is 10.6 Å². The molecule has 0 radical (unpaired) electrons. The summed E-state index contributed by atoms with van der Waals surface area (Å²) in [4.78, 5) is 40.2. The molecule has 0 unspecified atom stereocenters. The first-order valence-corrected chi connectivity index (χ1v) is 13.1. The number of anilines is 1. The zero-order valence-corrected chi connectivity index (χ0v) is 23.5. The largest absolute Gasteiger partial charge is 0.456 e. The SMILES string of the molecule is Cc1ccc(F)c(C(=O)N[C@@H](C(=O)N2CCC(C)(Nc3ccc(C(=O)OC(C)(C)C)cc3)CC2)C(C)C)c1. The molecular weight excluding hydrogens is 485 g/mol. The van der Waals surface area contributed by atoms with Gasteiger partial charge >= 0.3 is 5.97 Å². The Labute approximate surface area is 225 Å². The molecule has 0 saturated carbocycles. The smallest absolute Gasteiger partial charge is 0.338 e. The van der Waals surface area contributed by atoms with Crippen LogP contribution in [0.15, 0.2) is 42.5 Å². The van der Waals surface area contributed by atoms with Gasteiger partial charge in [0.15, 0.2) is 0 Å². The number of nitrogens with zero attached hydrogens (tertiary/aromatic N) is 1. The summed E-state index contributed by atoms with van der Waals surface area (Å²) in [6.45, 7) is 14.2. The predicted molar refractivity (Wildman–Crippen MR) is 147 cm³/mol. The fourth-order valence-corrected chi connectivity index (χ4v) is 4.46. The number of carbonyl (C=O) groups is 3. The zero-order chi connectivity index (χ0) is 28.3. The Morgan fingerprint density at radius 2 is 1.63 bits per heavy atom. The fourth-order valence-electron chi connectivity index (χ4n) is 4.46. The lowest BCUT2D eigenvalue weighted by molar-refractivity contribution is -0.135. The first kappa shape index (κ1) is 29.1. The molecule has 0 aliphatic carbocycles. The minimum Gasteiger partial charge on any atom is -0.456 e. The van der Waals surface area contributed by atoms with E-state index in [2.05, 4.69) is 17.6 Å². The van der Waals surface area contributed by atoms with Crippen molar-refractivity contribution in [3.05, 3.63) is 65.0 Å². The standard InChI is InChI=1S/C30H40FN3O4/c1-19(2)25(32-26(35)23-18-20(3)8-13-24(23)31)27(36)34-16-14-30(7,15-17-34)33-22-11-9-21(10-12-22)28(37)38-29(4,5)6/h8-13,18-19,25,33H,14-17H2,1-7H3,(H,32,35)/t25-/m1/s1. The molecule has 2 aromatic rings. The highest BCUT2D eigenvalue weighted by molar-refractivity contribution is 5.98. The first-order chi connectivity index (χ1) is 17.7. The van der Waals surface area contributed by atoms with Crippen LogP contribution in [-0.2, 0) is 9.53 Å². The van der Waals surface area contributed by atoms with Gasteiger partial charge in [0.05, 0.1) is 11.1 Å². The molecule has 38 heavy (non-hydrogen) atoms. The normalized spacial score (nSPS) is 16.1. The number of likely N-dealkylation sites (tertiary alicyclic amines) is 1. The molecule has 1 aliphatic rings. The summed E-state index contributed by atoms with van der Waals surface area (Å²) in [5.41, 5.74) is 1.28. The number of nitrogens with one attached hydrogen (secondary N) is 2. The van der Waals surface area contributed by atoms with E-state index in [4.69, 9.17) is 4.74 Å². The molecule has 206 valence electrons. The monoisotopic (exact) mass is 525 g/mol. The Hall–Kier alpha value is -3.42. The van der Waals surface area contributed by atoms with E-state index in [1.54, 1.807) is 30.0 Å². The number of benzene rings is 2. The molecule has 2 aromatic carbocycles. The number of piperidine rings is 1. The molecular formula is C30H40FN3O4. The van der Waals surface area contributed by atoms with E-state index >= 15 is 0 Å². The van der Waals surface area contributed by atoms with Gasteiger partial charge in [0, 0.05) is 24.3 Å². The average molecular weight is 526 g/mol. The number of carbonyl (C=O) groups excluding carboxylic acids is 3. The maximum Gasteiger partial charge on any atom is 0.338 e. The van der Waals surface area contributed by atoms with E-state index < -0.39 is 23.4 Å². The Morgan fingerprint density at radius 1 is 1.03 bits per heavy atom. The Kier molecular flexibility index (Phi) is 8.85. The van der Waals surface area contributed by atoms with Gasteiger partial charge in [-0.2, -0.15) is 0 Å². The summed E-state index contributed by atoms with van der Waals surface area (Å²) in [5.74, 6) is -1.88. The predicted octanol–water partition coefficient (Wildman–Crippen LogP) is 5.34. The summed E-state index contributed by atoms with van der Waals surface area (Å²) < 4.78 is 19.7. The number of ether oxygens (including phenoxy) is 1. The molecule has 1 atom stereocenters. The molecule has 1 saturated heterocycles. The molecule has 8 heteroatoms. The molecule has 1 fully saturated rings. The molecule has 2 N–H and O–H groups in total. The van der Waals surface area contributed by atoms with Crippen molar-refractivity contribution in [3.63, 3.8) is 0 Å². The molecule has 2 amide bonds. The van der Waals surface area contributed by atoms with Gasteiger partial charge in [-0.3, -0.25) is 9.59 Å². The fraction of sp³-hybridized carbons (Fsp3) is 0.500. The van der Waals surface area contributed by atoms with Crippen LogP contribution in [0.5, 0.6) is 0 Å². The van der Waals surface area contributed by atoms with Crippen molar-refractivity contribution in [1.82, 2.24) is 10.2 Å². The van der Waals surface area contributed by atoms with Gasteiger partial charge in [0.2, 0.25) is 5.91 Å². The highest BCUT2D eigenvalue weighted by atomic mass is 19.1. The van der Waals surface area contributed by atoms with Crippen molar-refractivity contribution >= 4 is 23.5 Å². The summed E-state index contributed by atoms with van der Waals surface area (Å²) in [6.07, 6.45) is 1.41. The molecule has 0 spiro atoms. The van der Waals surface area contributed by atoms with Crippen LogP contribution in [0.4, 0.5) is 10.1 Å². The van der Waals surface area contributed by atoms with Crippen molar-refractivity contribution in [3.8, 4) is 0 Å². The topological polar surface area (TPSA) is 87.7 Å². The quantitative estimate of drug-likeness (QED) is 0.477. The average Bonchev–Trinajstić information content (AvgIpc) is 2.83. The molecule has 7 nitrogen and oxygen atoms in total. The van der Waals surface area contributed by atoms with Crippen LogP contribution in [0.3, 0.4) is 0 Å². The second kappa shape index (κ2) is 11.5. The first-order valence-electron chi connectivity index (χ1n) is 13.1. The van der Waals surface area contributed by atoms with E-state index in [0.29, 0.717) is 31.5 Å². The number of rotatable bonds is 7. The van der Waals surface area contributed by atoms with Crippen LogP contribution in [0.1, 0.15) is 80.7 Å². The number of hydrogen-bond acceptors (Lipinski definition) is 5. The Balaban J connectivity index is 1.60.